The summed E-state index contributed by atoms with van der Waals surface area (Å²) < 4.78 is 19.1. The van der Waals surface area contributed by atoms with Crippen LogP contribution in [-0.4, -0.2) is 55.2 Å². The van der Waals surface area contributed by atoms with Gasteiger partial charge in [-0.25, -0.2) is 9.37 Å². The van der Waals surface area contributed by atoms with E-state index in [4.69, 9.17) is 16.3 Å². The zero-order valence-corrected chi connectivity index (χ0v) is 14.4. The maximum Gasteiger partial charge on any atom is 0.307 e. The predicted octanol–water partition coefficient (Wildman–Crippen LogP) is 2.59. The van der Waals surface area contributed by atoms with Gasteiger partial charge in [0.05, 0.1) is 18.7 Å². The third-order valence-corrected chi connectivity index (χ3v) is 4.01. The fourth-order valence-corrected chi connectivity index (χ4v) is 2.60. The van der Waals surface area contributed by atoms with E-state index in [1.165, 1.54) is 6.20 Å². The number of pyridine rings is 1. The summed E-state index contributed by atoms with van der Waals surface area (Å²) in [7, 11) is 0. The van der Waals surface area contributed by atoms with Crippen LogP contribution in [-0.2, 0) is 9.53 Å². The van der Waals surface area contributed by atoms with Crippen molar-refractivity contribution < 1.29 is 13.9 Å². The van der Waals surface area contributed by atoms with Gasteiger partial charge >= 0.3 is 5.97 Å². The molecule has 2 heterocycles. The largest absolute Gasteiger partial charge is 0.465 e. The number of ether oxygens (including phenoxy) is 1. The molecule has 2 rings (SSSR count). The Morgan fingerprint density at radius 2 is 2.09 bits per heavy atom. The minimum absolute atomic E-state index is 0.0992. The molecule has 1 saturated heterocycles. The molecule has 0 unspecified atom stereocenters. The van der Waals surface area contributed by atoms with Gasteiger partial charge in [-0.2, -0.15) is 0 Å². The van der Waals surface area contributed by atoms with Crippen LogP contribution < -0.4 is 4.90 Å². The minimum Gasteiger partial charge on any atom is -0.465 e. The summed E-state index contributed by atoms with van der Waals surface area (Å²) in [6, 6.07) is 1.64. The molecule has 0 radical (unpaired) electrons. The van der Waals surface area contributed by atoms with E-state index in [9.17, 15) is 9.18 Å². The van der Waals surface area contributed by atoms with Crippen LogP contribution in [0.2, 0.25) is 5.15 Å². The molecule has 1 aromatic rings. The molecule has 0 aromatic carbocycles. The average molecular weight is 344 g/mol. The summed E-state index contributed by atoms with van der Waals surface area (Å²) in [5.41, 5.74) is 0.487. The topological polar surface area (TPSA) is 45.7 Å². The SMILES string of the molecule is CC(C)COC(=O)CCN1CCN(c2ccnc(Cl)c2F)CC1. The summed E-state index contributed by atoms with van der Waals surface area (Å²) >= 11 is 5.72. The number of piperazine rings is 1. The van der Waals surface area contributed by atoms with Crippen LogP contribution in [0.4, 0.5) is 10.1 Å². The summed E-state index contributed by atoms with van der Waals surface area (Å²) in [4.78, 5) is 19.5. The molecule has 0 N–H and O–H groups in total. The number of halogens is 2. The van der Waals surface area contributed by atoms with Gasteiger partial charge in [0.1, 0.15) is 0 Å². The number of hydrogen-bond donors (Lipinski definition) is 0. The third-order valence-electron chi connectivity index (χ3n) is 3.75. The number of anilines is 1. The third kappa shape index (κ3) is 5.32. The first-order chi connectivity index (χ1) is 11.0. The zero-order chi connectivity index (χ0) is 16.8. The second kappa shape index (κ2) is 8.45. The lowest BCUT2D eigenvalue weighted by Gasteiger charge is -2.36. The Bertz CT molecular complexity index is 534. The summed E-state index contributed by atoms with van der Waals surface area (Å²) in [5, 5.41) is -0.0992. The Labute approximate surface area is 141 Å². The number of carbonyl (C=O) groups excluding carboxylic acids is 1. The van der Waals surface area contributed by atoms with Crippen molar-refractivity contribution in [3.05, 3.63) is 23.2 Å². The van der Waals surface area contributed by atoms with E-state index < -0.39 is 5.82 Å². The van der Waals surface area contributed by atoms with Gasteiger partial charge in [-0.05, 0) is 12.0 Å². The number of carbonyl (C=O) groups is 1. The summed E-state index contributed by atoms with van der Waals surface area (Å²) in [6.07, 6.45) is 1.90. The average Bonchev–Trinajstić information content (AvgIpc) is 2.54. The van der Waals surface area contributed by atoms with E-state index >= 15 is 0 Å². The molecule has 5 nitrogen and oxygen atoms in total. The highest BCUT2D eigenvalue weighted by Gasteiger charge is 2.21. The van der Waals surface area contributed by atoms with Crippen LogP contribution >= 0.6 is 11.6 Å². The fraction of sp³-hybridized carbons (Fsp3) is 0.625. The molecular formula is C16H23ClFN3O2. The lowest BCUT2D eigenvalue weighted by atomic mass is 10.2. The normalized spacial score (nSPS) is 16.0. The summed E-state index contributed by atoms with van der Waals surface area (Å²) in [6.45, 7) is 8.09. The van der Waals surface area contributed by atoms with Crippen molar-refractivity contribution in [3.8, 4) is 0 Å². The molecule has 0 saturated carbocycles. The molecular weight excluding hydrogens is 321 g/mol. The summed E-state index contributed by atoms with van der Waals surface area (Å²) in [5.74, 6) is -0.280. The van der Waals surface area contributed by atoms with Crippen LogP contribution in [0.1, 0.15) is 20.3 Å². The molecule has 128 valence electrons. The van der Waals surface area contributed by atoms with Gasteiger partial charge in [0.2, 0.25) is 0 Å². The maximum absolute atomic E-state index is 14.0. The van der Waals surface area contributed by atoms with E-state index in [1.807, 2.05) is 18.7 Å². The molecule has 1 aliphatic rings. The molecule has 1 aliphatic heterocycles. The fourth-order valence-electron chi connectivity index (χ4n) is 2.45. The molecule has 0 bridgehead atoms. The van der Waals surface area contributed by atoms with Crippen molar-refractivity contribution >= 4 is 23.3 Å². The van der Waals surface area contributed by atoms with Gasteiger partial charge in [0, 0.05) is 38.9 Å². The number of hydrogen-bond acceptors (Lipinski definition) is 5. The molecule has 0 atom stereocenters. The van der Waals surface area contributed by atoms with Gasteiger partial charge < -0.3 is 9.64 Å². The van der Waals surface area contributed by atoms with Gasteiger partial charge in [-0.3, -0.25) is 9.69 Å². The quantitative estimate of drug-likeness (QED) is 0.587. The molecule has 1 aromatic heterocycles. The Morgan fingerprint density at radius 1 is 1.39 bits per heavy atom. The van der Waals surface area contributed by atoms with Crippen molar-refractivity contribution in [1.29, 1.82) is 0 Å². The minimum atomic E-state index is -0.472. The molecule has 1 fully saturated rings. The lowest BCUT2D eigenvalue weighted by Crippen LogP contribution is -2.47. The monoisotopic (exact) mass is 343 g/mol. The zero-order valence-electron chi connectivity index (χ0n) is 13.6. The lowest BCUT2D eigenvalue weighted by molar-refractivity contribution is -0.145. The van der Waals surface area contributed by atoms with Crippen LogP contribution in [0.15, 0.2) is 12.3 Å². The highest BCUT2D eigenvalue weighted by molar-refractivity contribution is 6.29. The molecule has 7 heteroatoms. The van der Waals surface area contributed by atoms with Crippen molar-refractivity contribution in [2.45, 2.75) is 20.3 Å². The first kappa shape index (κ1) is 17.9. The van der Waals surface area contributed by atoms with Crippen LogP contribution in [0.3, 0.4) is 0 Å². The van der Waals surface area contributed by atoms with Crippen LogP contribution in [0, 0.1) is 11.7 Å². The van der Waals surface area contributed by atoms with Crippen LogP contribution in [0.25, 0.3) is 0 Å². The van der Waals surface area contributed by atoms with Crippen molar-refractivity contribution in [2.24, 2.45) is 5.92 Å². The van der Waals surface area contributed by atoms with E-state index in [-0.39, 0.29) is 11.1 Å². The number of rotatable bonds is 6. The smallest absolute Gasteiger partial charge is 0.307 e. The van der Waals surface area contributed by atoms with Gasteiger partial charge in [0.15, 0.2) is 11.0 Å². The Morgan fingerprint density at radius 3 is 2.74 bits per heavy atom. The van der Waals surface area contributed by atoms with Gasteiger partial charge in [-0.1, -0.05) is 25.4 Å². The van der Waals surface area contributed by atoms with Crippen molar-refractivity contribution in [1.82, 2.24) is 9.88 Å². The Balaban J connectivity index is 1.76. The molecule has 0 amide bonds. The molecule has 0 spiro atoms. The molecule has 0 aliphatic carbocycles. The molecule has 23 heavy (non-hydrogen) atoms. The van der Waals surface area contributed by atoms with E-state index in [2.05, 4.69) is 9.88 Å². The Hall–Kier alpha value is -1.40. The number of aromatic nitrogens is 1. The number of nitrogens with zero attached hydrogens (tertiary/aromatic N) is 3. The maximum atomic E-state index is 14.0. The highest BCUT2D eigenvalue weighted by Crippen LogP contribution is 2.24. The predicted molar refractivity (Wildman–Crippen MR) is 88.3 cm³/mol. The first-order valence-electron chi connectivity index (χ1n) is 7.90. The van der Waals surface area contributed by atoms with Gasteiger partial charge in [-0.15, -0.1) is 0 Å². The number of esters is 1. The van der Waals surface area contributed by atoms with Crippen molar-refractivity contribution in [3.63, 3.8) is 0 Å². The Kier molecular flexibility index (Phi) is 6.59. The van der Waals surface area contributed by atoms with Gasteiger partial charge in [0.25, 0.3) is 0 Å². The van der Waals surface area contributed by atoms with E-state index in [0.717, 1.165) is 13.1 Å². The van der Waals surface area contributed by atoms with E-state index in [1.54, 1.807) is 6.07 Å². The first-order valence-corrected chi connectivity index (χ1v) is 8.28. The second-order valence-corrected chi connectivity index (χ2v) is 6.45. The highest BCUT2D eigenvalue weighted by atomic mass is 35.5. The standard InChI is InChI=1S/C16H23ClFN3O2/c1-12(2)11-23-14(22)4-6-20-7-9-21(10-8-20)13-3-5-19-16(17)15(13)18/h3,5,12H,4,6-11H2,1-2H3. The second-order valence-electron chi connectivity index (χ2n) is 6.09. The van der Waals surface area contributed by atoms with Crippen LogP contribution in [0.5, 0.6) is 0 Å². The van der Waals surface area contributed by atoms with E-state index in [0.29, 0.717) is 44.3 Å². The van der Waals surface area contributed by atoms with Crippen molar-refractivity contribution in [2.75, 3.05) is 44.2 Å².